The van der Waals surface area contributed by atoms with Crippen molar-refractivity contribution in [1.29, 1.82) is 0 Å². The Morgan fingerprint density at radius 1 is 1.03 bits per heavy atom. The van der Waals surface area contributed by atoms with Crippen LogP contribution in [-0.4, -0.2) is 65.1 Å². The van der Waals surface area contributed by atoms with E-state index in [0.29, 0.717) is 12.1 Å². The molecule has 2 aromatic rings. The minimum atomic E-state index is 0.605. The normalized spacial score (nSPS) is 20.2. The predicted molar refractivity (Wildman–Crippen MR) is 129 cm³/mol. The van der Waals surface area contributed by atoms with Gasteiger partial charge in [0.25, 0.3) is 0 Å². The number of anilines is 1. The molecule has 2 fully saturated rings. The molecule has 6 heteroatoms. The standard InChI is InChI=1S/C24H39N5S/c1-16(2)27(6)20-9-13-29(14-10-20)23-22-18(4)19(5)30-24(22)26-21(25-23)15-28-11-7-17(3)8-12-28/h16-17,20H,7-15H2,1-6H3. The van der Waals surface area contributed by atoms with Gasteiger partial charge in [0, 0.05) is 30.1 Å². The largest absolute Gasteiger partial charge is 0.356 e. The van der Waals surface area contributed by atoms with Gasteiger partial charge in [-0.05, 0) is 85.0 Å². The fourth-order valence-electron chi connectivity index (χ4n) is 4.90. The number of rotatable bonds is 5. The molecule has 2 aromatic heterocycles. The SMILES string of the molecule is Cc1sc2nc(CN3CCC(C)CC3)nc(N3CCC(N(C)C(C)C)CC3)c2c1C. The lowest BCUT2D eigenvalue weighted by Gasteiger charge is -2.39. The number of piperidine rings is 2. The third-order valence-corrected chi connectivity index (χ3v) is 8.55. The van der Waals surface area contributed by atoms with Crippen LogP contribution in [0.1, 0.15) is 62.7 Å². The fourth-order valence-corrected chi connectivity index (χ4v) is 5.94. The first-order valence-electron chi connectivity index (χ1n) is 11.8. The minimum absolute atomic E-state index is 0.605. The Hall–Kier alpha value is -1.24. The van der Waals surface area contributed by atoms with Gasteiger partial charge in [-0.25, -0.2) is 9.97 Å². The van der Waals surface area contributed by atoms with Crippen LogP contribution >= 0.6 is 11.3 Å². The first kappa shape index (κ1) is 22.0. The highest BCUT2D eigenvalue weighted by atomic mass is 32.1. The quantitative estimate of drug-likeness (QED) is 0.679. The summed E-state index contributed by atoms with van der Waals surface area (Å²) in [5.74, 6) is 3.05. The molecule has 0 spiro atoms. The Labute approximate surface area is 186 Å². The van der Waals surface area contributed by atoms with E-state index in [9.17, 15) is 0 Å². The van der Waals surface area contributed by atoms with E-state index in [2.05, 4.69) is 56.4 Å². The molecular formula is C24H39N5S. The Morgan fingerprint density at radius 2 is 1.70 bits per heavy atom. The highest BCUT2D eigenvalue weighted by molar-refractivity contribution is 7.18. The second kappa shape index (κ2) is 9.09. The molecule has 0 unspecified atom stereocenters. The third-order valence-electron chi connectivity index (χ3n) is 7.45. The maximum atomic E-state index is 5.18. The lowest BCUT2D eigenvalue weighted by Crippen LogP contribution is -2.46. The molecule has 0 bridgehead atoms. The van der Waals surface area contributed by atoms with Gasteiger partial charge in [-0.1, -0.05) is 6.92 Å². The second-order valence-electron chi connectivity index (χ2n) is 9.86. The predicted octanol–water partition coefficient (Wildman–Crippen LogP) is 4.85. The van der Waals surface area contributed by atoms with Crippen molar-refractivity contribution in [2.24, 2.45) is 5.92 Å². The monoisotopic (exact) mass is 429 g/mol. The van der Waals surface area contributed by atoms with Crippen LogP contribution in [0.3, 0.4) is 0 Å². The van der Waals surface area contributed by atoms with Gasteiger partial charge in [-0.3, -0.25) is 4.90 Å². The first-order chi connectivity index (χ1) is 14.3. The molecule has 4 rings (SSSR count). The molecular weight excluding hydrogens is 390 g/mol. The van der Waals surface area contributed by atoms with Gasteiger partial charge >= 0.3 is 0 Å². The van der Waals surface area contributed by atoms with E-state index < -0.39 is 0 Å². The zero-order valence-corrected chi connectivity index (χ0v) is 20.6. The van der Waals surface area contributed by atoms with E-state index in [1.165, 1.54) is 65.2 Å². The van der Waals surface area contributed by atoms with E-state index in [1.54, 1.807) is 0 Å². The molecule has 4 heterocycles. The van der Waals surface area contributed by atoms with Crippen LogP contribution in [0.2, 0.25) is 0 Å². The average Bonchev–Trinajstić information content (AvgIpc) is 3.02. The fraction of sp³-hybridized carbons (Fsp3) is 0.750. The van der Waals surface area contributed by atoms with Crippen molar-refractivity contribution >= 4 is 27.4 Å². The number of nitrogens with zero attached hydrogens (tertiary/aromatic N) is 5. The topological polar surface area (TPSA) is 35.5 Å². The van der Waals surface area contributed by atoms with Gasteiger partial charge in [0.1, 0.15) is 16.5 Å². The van der Waals surface area contributed by atoms with Crippen molar-refractivity contribution in [1.82, 2.24) is 19.8 Å². The van der Waals surface area contributed by atoms with Gasteiger partial charge in [-0.2, -0.15) is 0 Å². The van der Waals surface area contributed by atoms with Crippen LogP contribution < -0.4 is 4.90 Å². The van der Waals surface area contributed by atoms with Crippen LogP contribution in [0.15, 0.2) is 0 Å². The number of aryl methyl sites for hydroxylation is 2. The van der Waals surface area contributed by atoms with Gasteiger partial charge in [-0.15, -0.1) is 11.3 Å². The third kappa shape index (κ3) is 4.51. The molecule has 166 valence electrons. The summed E-state index contributed by atoms with van der Waals surface area (Å²) in [5.41, 5.74) is 1.37. The molecule has 0 radical (unpaired) electrons. The van der Waals surface area contributed by atoms with Crippen LogP contribution in [-0.2, 0) is 6.54 Å². The van der Waals surface area contributed by atoms with Crippen LogP contribution in [0.5, 0.6) is 0 Å². The van der Waals surface area contributed by atoms with Crippen molar-refractivity contribution in [3.05, 3.63) is 16.3 Å². The summed E-state index contributed by atoms with van der Waals surface area (Å²) in [6, 6.07) is 1.28. The molecule has 30 heavy (non-hydrogen) atoms. The van der Waals surface area contributed by atoms with Crippen LogP contribution in [0.4, 0.5) is 5.82 Å². The first-order valence-corrected chi connectivity index (χ1v) is 12.6. The van der Waals surface area contributed by atoms with Crippen LogP contribution in [0, 0.1) is 19.8 Å². The molecule has 5 nitrogen and oxygen atoms in total. The molecule has 0 N–H and O–H groups in total. The molecule has 0 atom stereocenters. The Bertz CT molecular complexity index is 860. The molecule has 2 aliphatic heterocycles. The van der Waals surface area contributed by atoms with Crippen molar-refractivity contribution < 1.29 is 0 Å². The number of thiophene rings is 1. The minimum Gasteiger partial charge on any atom is -0.356 e. The van der Waals surface area contributed by atoms with E-state index in [0.717, 1.165) is 31.4 Å². The lowest BCUT2D eigenvalue weighted by atomic mass is 9.99. The lowest BCUT2D eigenvalue weighted by molar-refractivity contribution is 0.168. The summed E-state index contributed by atoms with van der Waals surface area (Å²) in [4.78, 5) is 20.4. The number of fused-ring (bicyclic) bond motifs is 1. The van der Waals surface area contributed by atoms with Crippen molar-refractivity contribution in [3.8, 4) is 0 Å². The highest BCUT2D eigenvalue weighted by Gasteiger charge is 2.27. The van der Waals surface area contributed by atoms with Gasteiger partial charge < -0.3 is 9.80 Å². The van der Waals surface area contributed by atoms with Gasteiger partial charge in [0.15, 0.2) is 0 Å². The summed E-state index contributed by atoms with van der Waals surface area (Å²) in [6.45, 7) is 16.8. The molecule has 0 saturated carbocycles. The average molecular weight is 430 g/mol. The summed E-state index contributed by atoms with van der Waals surface area (Å²) >= 11 is 1.84. The zero-order chi connectivity index (χ0) is 21.4. The Morgan fingerprint density at radius 3 is 2.33 bits per heavy atom. The molecule has 0 aliphatic carbocycles. The Balaban J connectivity index is 1.58. The van der Waals surface area contributed by atoms with E-state index >= 15 is 0 Å². The summed E-state index contributed by atoms with van der Waals surface area (Å²) in [7, 11) is 2.28. The number of aromatic nitrogens is 2. The second-order valence-corrected chi connectivity index (χ2v) is 11.1. The van der Waals surface area contributed by atoms with Crippen molar-refractivity contribution in [2.45, 2.75) is 78.9 Å². The smallest absolute Gasteiger partial charge is 0.146 e. The maximum absolute atomic E-state index is 5.18. The summed E-state index contributed by atoms with van der Waals surface area (Å²) < 4.78 is 0. The summed E-state index contributed by atoms with van der Waals surface area (Å²) in [6.07, 6.45) is 5.01. The zero-order valence-electron chi connectivity index (χ0n) is 19.7. The molecule has 2 aliphatic rings. The van der Waals surface area contributed by atoms with Gasteiger partial charge in [0.2, 0.25) is 0 Å². The van der Waals surface area contributed by atoms with Crippen molar-refractivity contribution in [3.63, 3.8) is 0 Å². The highest BCUT2D eigenvalue weighted by Crippen LogP contribution is 2.36. The molecule has 2 saturated heterocycles. The van der Waals surface area contributed by atoms with Crippen LogP contribution in [0.25, 0.3) is 10.2 Å². The van der Waals surface area contributed by atoms with Crippen molar-refractivity contribution in [2.75, 3.05) is 38.1 Å². The number of likely N-dealkylation sites (tertiary alicyclic amines) is 1. The maximum Gasteiger partial charge on any atom is 0.146 e. The van der Waals surface area contributed by atoms with E-state index in [-0.39, 0.29) is 0 Å². The Kier molecular flexibility index (Phi) is 6.66. The van der Waals surface area contributed by atoms with E-state index in [4.69, 9.17) is 9.97 Å². The number of hydrogen-bond donors (Lipinski definition) is 0. The molecule has 0 amide bonds. The van der Waals surface area contributed by atoms with Gasteiger partial charge in [0.05, 0.1) is 11.9 Å². The van der Waals surface area contributed by atoms with E-state index in [1.807, 2.05) is 11.3 Å². The number of hydrogen-bond acceptors (Lipinski definition) is 6. The molecule has 0 aromatic carbocycles. The summed E-state index contributed by atoms with van der Waals surface area (Å²) in [5, 5.41) is 1.30.